The highest BCUT2D eigenvalue weighted by Gasteiger charge is 1.99. The van der Waals surface area contributed by atoms with Gasteiger partial charge in [-0.2, -0.15) is 0 Å². The Morgan fingerprint density at radius 2 is 1.94 bits per heavy atom. The van der Waals surface area contributed by atoms with E-state index in [9.17, 15) is 4.39 Å². The number of halogens is 2. The number of alkyl halides is 1. The molecule has 1 aromatic carbocycles. The fourth-order valence-electron chi connectivity index (χ4n) is 1.78. The molecule has 0 fully saturated rings. The number of benzene rings is 1. The average Bonchev–Trinajstić information content (AvgIpc) is 2.30. The van der Waals surface area contributed by atoms with Gasteiger partial charge in [0.05, 0.1) is 0 Å². The Morgan fingerprint density at radius 3 is 2.65 bits per heavy atom. The number of hydrogen-bond donors (Lipinski definition) is 1. The molecule has 0 saturated heterocycles. The molecule has 0 aromatic heterocycles. The van der Waals surface area contributed by atoms with Gasteiger partial charge in [-0.05, 0) is 49.6 Å². The van der Waals surface area contributed by atoms with Gasteiger partial charge in [0, 0.05) is 12.4 Å². The van der Waals surface area contributed by atoms with Gasteiger partial charge in [-0.15, -0.1) is 11.6 Å². The van der Waals surface area contributed by atoms with Crippen molar-refractivity contribution in [3.8, 4) is 0 Å². The van der Waals surface area contributed by atoms with Crippen molar-refractivity contribution >= 4 is 11.6 Å². The number of nitrogens with one attached hydrogen (secondary N) is 1. The summed E-state index contributed by atoms with van der Waals surface area (Å²) >= 11 is 5.61. The van der Waals surface area contributed by atoms with Crippen LogP contribution < -0.4 is 5.32 Å². The van der Waals surface area contributed by atoms with Gasteiger partial charge in [-0.3, -0.25) is 0 Å². The molecule has 1 aromatic rings. The van der Waals surface area contributed by atoms with Crippen LogP contribution in [0.2, 0.25) is 0 Å². The predicted octanol–water partition coefficient (Wildman–Crippen LogP) is 4.02. The maximum absolute atomic E-state index is 12.9. The molecule has 0 aliphatic rings. The van der Waals surface area contributed by atoms with Gasteiger partial charge >= 0.3 is 0 Å². The van der Waals surface area contributed by atoms with Crippen molar-refractivity contribution in [1.82, 2.24) is 5.32 Å². The van der Waals surface area contributed by atoms with E-state index in [0.717, 1.165) is 31.0 Å². The topological polar surface area (TPSA) is 12.0 Å². The van der Waals surface area contributed by atoms with Gasteiger partial charge in [0.15, 0.2) is 0 Å². The first-order valence-electron chi connectivity index (χ1n) is 6.25. The molecule has 1 N–H and O–H groups in total. The van der Waals surface area contributed by atoms with Crippen LogP contribution in [0, 0.1) is 12.7 Å². The number of rotatable bonds is 8. The smallest absolute Gasteiger partial charge is 0.123 e. The van der Waals surface area contributed by atoms with Gasteiger partial charge in [0.1, 0.15) is 5.82 Å². The quantitative estimate of drug-likeness (QED) is 0.548. The van der Waals surface area contributed by atoms with Gasteiger partial charge in [-0.1, -0.05) is 18.9 Å². The minimum absolute atomic E-state index is 0.160. The third-order valence-corrected chi connectivity index (χ3v) is 3.12. The summed E-state index contributed by atoms with van der Waals surface area (Å²) in [6, 6.07) is 4.95. The first-order chi connectivity index (χ1) is 8.24. The monoisotopic (exact) mass is 257 g/mol. The van der Waals surface area contributed by atoms with E-state index in [2.05, 4.69) is 5.32 Å². The Hall–Kier alpha value is -0.600. The molecule has 0 radical (unpaired) electrons. The first-order valence-corrected chi connectivity index (χ1v) is 6.79. The Balaban J connectivity index is 2.14. The van der Waals surface area contributed by atoms with Crippen molar-refractivity contribution in [2.75, 3.05) is 12.4 Å². The molecule has 0 aliphatic heterocycles. The second kappa shape index (κ2) is 8.48. The molecule has 0 bridgehead atoms. The lowest BCUT2D eigenvalue weighted by Gasteiger charge is -2.07. The third-order valence-electron chi connectivity index (χ3n) is 2.86. The minimum Gasteiger partial charge on any atom is -0.313 e. The van der Waals surface area contributed by atoms with E-state index in [1.807, 2.05) is 13.0 Å². The number of aryl methyl sites for hydroxylation is 1. The summed E-state index contributed by atoms with van der Waals surface area (Å²) in [5.74, 6) is 0.606. The standard InChI is InChI=1S/C14H21ClFN/c1-12-10-14(16)7-6-13(12)11-17-9-5-3-2-4-8-15/h6-7,10,17H,2-5,8-9,11H2,1H3. The SMILES string of the molecule is Cc1cc(F)ccc1CNCCCCCCCl. The lowest BCUT2D eigenvalue weighted by Crippen LogP contribution is -2.15. The maximum Gasteiger partial charge on any atom is 0.123 e. The van der Waals surface area contributed by atoms with Gasteiger partial charge < -0.3 is 5.32 Å². The zero-order chi connectivity index (χ0) is 12.5. The van der Waals surface area contributed by atoms with Crippen LogP contribution in [0.25, 0.3) is 0 Å². The van der Waals surface area contributed by atoms with E-state index >= 15 is 0 Å². The van der Waals surface area contributed by atoms with Crippen molar-refractivity contribution in [2.24, 2.45) is 0 Å². The highest BCUT2D eigenvalue weighted by molar-refractivity contribution is 6.17. The van der Waals surface area contributed by atoms with E-state index in [-0.39, 0.29) is 5.82 Å². The molecule has 0 heterocycles. The second-order valence-electron chi connectivity index (χ2n) is 4.35. The summed E-state index contributed by atoms with van der Waals surface area (Å²) in [6.07, 6.45) is 4.72. The van der Waals surface area contributed by atoms with E-state index in [0.29, 0.717) is 0 Å². The molecule has 0 spiro atoms. The van der Waals surface area contributed by atoms with Gasteiger partial charge in [0.2, 0.25) is 0 Å². The van der Waals surface area contributed by atoms with E-state index in [4.69, 9.17) is 11.6 Å². The normalized spacial score (nSPS) is 10.8. The fraction of sp³-hybridized carbons (Fsp3) is 0.571. The third kappa shape index (κ3) is 6.04. The summed E-state index contributed by atoms with van der Waals surface area (Å²) in [4.78, 5) is 0. The molecule has 1 rings (SSSR count). The summed E-state index contributed by atoms with van der Waals surface area (Å²) < 4.78 is 12.9. The number of hydrogen-bond acceptors (Lipinski definition) is 1. The molecule has 96 valence electrons. The molecule has 0 saturated carbocycles. The molecular formula is C14H21ClFN. The van der Waals surface area contributed by atoms with Crippen LogP contribution in [0.4, 0.5) is 4.39 Å². The molecule has 0 atom stereocenters. The predicted molar refractivity (Wildman–Crippen MR) is 72.0 cm³/mol. The van der Waals surface area contributed by atoms with Crippen LogP contribution in [-0.4, -0.2) is 12.4 Å². The fourth-order valence-corrected chi connectivity index (χ4v) is 1.97. The second-order valence-corrected chi connectivity index (χ2v) is 4.73. The summed E-state index contributed by atoms with van der Waals surface area (Å²) in [7, 11) is 0. The molecule has 0 amide bonds. The van der Waals surface area contributed by atoms with Crippen LogP contribution in [-0.2, 0) is 6.54 Å². The van der Waals surface area contributed by atoms with Crippen LogP contribution in [0.3, 0.4) is 0 Å². The van der Waals surface area contributed by atoms with Crippen LogP contribution in [0.15, 0.2) is 18.2 Å². The summed E-state index contributed by atoms with van der Waals surface area (Å²) in [5, 5.41) is 3.38. The molecule has 0 unspecified atom stereocenters. The lowest BCUT2D eigenvalue weighted by atomic mass is 10.1. The Morgan fingerprint density at radius 1 is 1.18 bits per heavy atom. The Bertz CT molecular complexity index is 328. The van der Waals surface area contributed by atoms with Crippen molar-refractivity contribution in [3.05, 3.63) is 35.1 Å². The van der Waals surface area contributed by atoms with Crippen LogP contribution >= 0.6 is 11.6 Å². The lowest BCUT2D eigenvalue weighted by molar-refractivity contribution is 0.595. The average molecular weight is 258 g/mol. The van der Waals surface area contributed by atoms with Gasteiger partial charge in [0.25, 0.3) is 0 Å². The minimum atomic E-state index is -0.160. The molecular weight excluding hydrogens is 237 g/mol. The first kappa shape index (κ1) is 14.5. The van der Waals surface area contributed by atoms with Crippen LogP contribution in [0.5, 0.6) is 0 Å². The zero-order valence-corrected chi connectivity index (χ0v) is 11.2. The van der Waals surface area contributed by atoms with Crippen molar-refractivity contribution in [1.29, 1.82) is 0 Å². The van der Waals surface area contributed by atoms with Crippen molar-refractivity contribution in [2.45, 2.75) is 39.2 Å². The number of unbranched alkanes of at least 4 members (excludes halogenated alkanes) is 3. The summed E-state index contributed by atoms with van der Waals surface area (Å²) in [6.45, 7) is 3.78. The zero-order valence-electron chi connectivity index (χ0n) is 10.4. The molecule has 0 aliphatic carbocycles. The van der Waals surface area contributed by atoms with Gasteiger partial charge in [-0.25, -0.2) is 4.39 Å². The maximum atomic E-state index is 12.9. The molecule has 17 heavy (non-hydrogen) atoms. The Kier molecular flexibility index (Phi) is 7.22. The highest BCUT2D eigenvalue weighted by Crippen LogP contribution is 2.09. The largest absolute Gasteiger partial charge is 0.313 e. The highest BCUT2D eigenvalue weighted by atomic mass is 35.5. The molecule has 1 nitrogen and oxygen atoms in total. The molecule has 3 heteroatoms. The van der Waals surface area contributed by atoms with Crippen LogP contribution in [0.1, 0.15) is 36.8 Å². The van der Waals surface area contributed by atoms with Crippen molar-refractivity contribution < 1.29 is 4.39 Å². The van der Waals surface area contributed by atoms with E-state index in [1.54, 1.807) is 6.07 Å². The summed E-state index contributed by atoms with van der Waals surface area (Å²) in [5.41, 5.74) is 2.19. The van der Waals surface area contributed by atoms with E-state index < -0.39 is 0 Å². The Labute approximate surface area is 108 Å². The van der Waals surface area contributed by atoms with Crippen molar-refractivity contribution in [3.63, 3.8) is 0 Å². The van der Waals surface area contributed by atoms with E-state index in [1.165, 1.54) is 30.9 Å².